The zero-order valence-corrected chi connectivity index (χ0v) is 30.9. The van der Waals surface area contributed by atoms with Crippen LogP contribution in [0.1, 0.15) is 142 Å². The minimum absolute atomic E-state index is 0.0452. The summed E-state index contributed by atoms with van der Waals surface area (Å²) in [4.78, 5) is 36.9. The van der Waals surface area contributed by atoms with Gasteiger partial charge in [-0.3, -0.25) is 9.36 Å². The first kappa shape index (κ1) is 44.5. The highest BCUT2D eigenvalue weighted by Crippen LogP contribution is 2.38. The fraction of sp³-hybridized carbons (Fsp3) is 0.833. The van der Waals surface area contributed by atoms with E-state index in [0.29, 0.717) is 11.0 Å². The topological polar surface area (TPSA) is 111 Å². The second-order valence-corrected chi connectivity index (χ2v) is 14.7. The number of allylic oxidation sites excluding steroid dienone is 3. The Kier molecular flexibility index (Phi) is 28.6. The van der Waals surface area contributed by atoms with E-state index in [1.54, 1.807) is 12.2 Å². The number of ether oxygens (including phenoxy) is 2. The van der Waals surface area contributed by atoms with E-state index in [1.165, 1.54) is 89.5 Å². The first-order valence-electron chi connectivity index (χ1n) is 18.1. The van der Waals surface area contributed by atoms with Crippen LogP contribution in [-0.4, -0.2) is 70.0 Å². The van der Waals surface area contributed by atoms with E-state index in [4.69, 9.17) is 18.5 Å². The lowest BCUT2D eigenvalue weighted by molar-refractivity contribution is -0.870. The summed E-state index contributed by atoms with van der Waals surface area (Å²) < 4.78 is 33.4. The third kappa shape index (κ3) is 32.4. The number of hydrogen-bond donors (Lipinski definition) is 0. The molecule has 0 radical (unpaired) electrons. The summed E-state index contributed by atoms with van der Waals surface area (Å²) in [6.45, 7) is 4.03. The summed E-state index contributed by atoms with van der Waals surface area (Å²) in [5, 5.41) is 0. The Labute approximate surface area is 281 Å². The smallest absolute Gasteiger partial charge is 0.331 e. The molecule has 0 saturated heterocycles. The lowest BCUT2D eigenvalue weighted by Crippen LogP contribution is -2.37. The molecule has 1 unspecified atom stereocenters. The van der Waals surface area contributed by atoms with Gasteiger partial charge in [0, 0.05) is 12.5 Å². The van der Waals surface area contributed by atoms with Gasteiger partial charge >= 0.3 is 11.9 Å². The van der Waals surface area contributed by atoms with Crippen molar-refractivity contribution in [2.24, 2.45) is 0 Å². The molecule has 0 aliphatic rings. The maximum absolute atomic E-state index is 12.4. The predicted octanol–water partition coefficient (Wildman–Crippen LogP) is 8.60. The molecule has 0 rings (SSSR count). The molecule has 0 aliphatic carbocycles. The normalized spacial score (nSPS) is 14.1. The molecule has 0 heterocycles. The quantitative estimate of drug-likeness (QED) is 0.0174. The Bertz CT molecular complexity index is 855. The van der Waals surface area contributed by atoms with Crippen molar-refractivity contribution in [1.82, 2.24) is 0 Å². The van der Waals surface area contributed by atoms with E-state index < -0.39 is 32.5 Å². The van der Waals surface area contributed by atoms with Gasteiger partial charge in [0.1, 0.15) is 19.8 Å². The van der Waals surface area contributed by atoms with Crippen molar-refractivity contribution >= 4 is 19.8 Å². The van der Waals surface area contributed by atoms with Crippen molar-refractivity contribution < 1.29 is 42.1 Å². The molecule has 270 valence electrons. The van der Waals surface area contributed by atoms with Crippen molar-refractivity contribution in [2.75, 3.05) is 47.5 Å². The summed E-state index contributed by atoms with van der Waals surface area (Å²) >= 11 is 0. The van der Waals surface area contributed by atoms with Crippen LogP contribution in [-0.2, 0) is 32.7 Å². The van der Waals surface area contributed by atoms with Gasteiger partial charge in [0.2, 0.25) is 0 Å². The molecule has 0 amide bonds. The molecule has 0 N–H and O–H groups in total. The summed E-state index contributed by atoms with van der Waals surface area (Å²) in [6, 6.07) is 0. The van der Waals surface area contributed by atoms with E-state index in [0.717, 1.165) is 38.5 Å². The van der Waals surface area contributed by atoms with E-state index in [1.807, 2.05) is 27.2 Å². The highest BCUT2D eigenvalue weighted by atomic mass is 31.2. The average Bonchev–Trinajstić information content (AvgIpc) is 2.99. The van der Waals surface area contributed by atoms with Crippen molar-refractivity contribution in [3.63, 3.8) is 0 Å². The lowest BCUT2D eigenvalue weighted by atomic mass is 10.1. The zero-order chi connectivity index (χ0) is 34.4. The maximum atomic E-state index is 12.4. The number of carbonyl (C=O) groups is 2. The molecule has 0 aromatic carbocycles. The minimum Gasteiger partial charge on any atom is -0.756 e. The van der Waals surface area contributed by atoms with Crippen LogP contribution in [0, 0.1) is 0 Å². The number of quaternary nitrogens is 1. The molecule has 0 spiro atoms. The molecule has 0 bridgehead atoms. The van der Waals surface area contributed by atoms with Gasteiger partial charge < -0.3 is 27.9 Å². The van der Waals surface area contributed by atoms with Crippen LogP contribution in [0.3, 0.4) is 0 Å². The molecule has 9 nitrogen and oxygen atoms in total. The number of rotatable bonds is 32. The lowest BCUT2D eigenvalue weighted by Gasteiger charge is -2.28. The van der Waals surface area contributed by atoms with Crippen LogP contribution in [0.5, 0.6) is 0 Å². The van der Waals surface area contributed by atoms with Crippen molar-refractivity contribution in [1.29, 1.82) is 0 Å². The monoisotopic (exact) mass is 673 g/mol. The van der Waals surface area contributed by atoms with E-state index in [-0.39, 0.29) is 19.6 Å². The summed E-state index contributed by atoms with van der Waals surface area (Å²) in [6.07, 6.45) is 28.6. The Morgan fingerprint density at radius 1 is 0.717 bits per heavy atom. The van der Waals surface area contributed by atoms with E-state index >= 15 is 0 Å². The Morgan fingerprint density at radius 2 is 1.24 bits per heavy atom. The molecule has 0 fully saturated rings. The second kappa shape index (κ2) is 29.6. The Morgan fingerprint density at radius 3 is 1.78 bits per heavy atom. The first-order chi connectivity index (χ1) is 22.0. The number of hydrogen-bond acceptors (Lipinski definition) is 8. The van der Waals surface area contributed by atoms with Crippen LogP contribution < -0.4 is 4.89 Å². The fourth-order valence-electron chi connectivity index (χ4n) is 4.68. The van der Waals surface area contributed by atoms with Gasteiger partial charge in [0.15, 0.2) is 6.10 Å². The second-order valence-electron chi connectivity index (χ2n) is 13.3. The van der Waals surface area contributed by atoms with Crippen LogP contribution in [0.15, 0.2) is 24.3 Å². The van der Waals surface area contributed by atoms with Crippen LogP contribution in [0.2, 0.25) is 0 Å². The van der Waals surface area contributed by atoms with Gasteiger partial charge in [-0.05, 0) is 19.3 Å². The third-order valence-electron chi connectivity index (χ3n) is 7.58. The van der Waals surface area contributed by atoms with Crippen molar-refractivity contribution in [2.45, 2.75) is 148 Å². The van der Waals surface area contributed by atoms with E-state index in [9.17, 15) is 19.0 Å². The largest absolute Gasteiger partial charge is 0.756 e. The predicted molar refractivity (Wildman–Crippen MR) is 185 cm³/mol. The highest BCUT2D eigenvalue weighted by molar-refractivity contribution is 7.45. The molecule has 2 atom stereocenters. The number of phosphoric acid groups is 1. The van der Waals surface area contributed by atoms with Crippen LogP contribution >= 0.6 is 7.82 Å². The molecule has 0 aliphatic heterocycles. The van der Waals surface area contributed by atoms with Crippen LogP contribution in [0.4, 0.5) is 0 Å². The average molecular weight is 674 g/mol. The number of likely N-dealkylation sites (N-methyl/N-ethyl adjacent to an activating group) is 1. The fourth-order valence-corrected chi connectivity index (χ4v) is 5.41. The van der Waals surface area contributed by atoms with Crippen LogP contribution in [0.25, 0.3) is 0 Å². The van der Waals surface area contributed by atoms with Gasteiger partial charge in [-0.15, -0.1) is 0 Å². The first-order valence-corrected chi connectivity index (χ1v) is 19.5. The van der Waals surface area contributed by atoms with Gasteiger partial charge in [0.05, 0.1) is 27.7 Å². The highest BCUT2D eigenvalue weighted by Gasteiger charge is 2.21. The molecule has 0 aromatic heterocycles. The number of esters is 2. The summed E-state index contributed by atoms with van der Waals surface area (Å²) in [5.41, 5.74) is 0. The van der Waals surface area contributed by atoms with Crippen molar-refractivity contribution in [3.8, 4) is 0 Å². The summed E-state index contributed by atoms with van der Waals surface area (Å²) in [5.74, 6) is -1.09. The Balaban J connectivity index is 4.55. The van der Waals surface area contributed by atoms with Gasteiger partial charge in [0.25, 0.3) is 7.82 Å². The SMILES string of the molecule is CCCCCCCCCCCCC/C=C/C=C/C(=O)O[C@H](COC(=O)CCCCCCCCC)COP(=O)([O-])OCC[N+](C)(C)C. The third-order valence-corrected chi connectivity index (χ3v) is 8.55. The van der Waals surface area contributed by atoms with Gasteiger partial charge in [-0.1, -0.05) is 135 Å². The maximum Gasteiger partial charge on any atom is 0.331 e. The summed E-state index contributed by atoms with van der Waals surface area (Å²) in [7, 11) is 1.11. The van der Waals surface area contributed by atoms with Gasteiger partial charge in [-0.2, -0.15) is 0 Å². The van der Waals surface area contributed by atoms with E-state index in [2.05, 4.69) is 13.8 Å². The minimum atomic E-state index is -4.63. The molecule has 10 heteroatoms. The molecular weight excluding hydrogens is 605 g/mol. The number of phosphoric ester groups is 1. The van der Waals surface area contributed by atoms with Crippen molar-refractivity contribution in [3.05, 3.63) is 24.3 Å². The number of nitrogens with zero attached hydrogens (tertiary/aromatic N) is 1. The standard InChI is InChI=1S/C36H68NO8P/c1-6-8-10-12-14-15-16-17-18-19-20-21-23-25-27-29-36(39)45-34(33-44-46(40,41)43-31-30-37(3,4)5)32-42-35(38)28-26-24-22-13-11-9-7-2/h23,25,27,29,34H,6-22,24,26,28,30-33H2,1-5H3/b25-23+,29-27+/t34-/m1/s1. The number of unbranched alkanes of at least 4 members (excludes halogenated alkanes) is 17. The molecular formula is C36H68NO8P. The molecule has 0 aromatic rings. The Hall–Kier alpha value is -1.51. The molecule has 0 saturated carbocycles. The zero-order valence-electron chi connectivity index (χ0n) is 30.0. The van der Waals surface area contributed by atoms with Gasteiger partial charge in [-0.25, -0.2) is 4.79 Å². The molecule has 46 heavy (non-hydrogen) atoms. The number of carbonyl (C=O) groups excluding carboxylic acids is 2.